The third-order valence-electron chi connectivity index (χ3n) is 2.80. The lowest BCUT2D eigenvalue weighted by Gasteiger charge is -2.10. The van der Waals surface area contributed by atoms with Gasteiger partial charge in [-0.25, -0.2) is 0 Å². The summed E-state index contributed by atoms with van der Waals surface area (Å²) in [6.07, 6.45) is 0.766. The van der Waals surface area contributed by atoms with Crippen LogP contribution in [0.3, 0.4) is 0 Å². The second-order valence-corrected chi connectivity index (χ2v) is 3.76. The number of rotatable bonds is 3. The van der Waals surface area contributed by atoms with Crippen LogP contribution < -0.4 is 15.0 Å². The number of nitrogens with one attached hydrogen (secondary N) is 1. The summed E-state index contributed by atoms with van der Waals surface area (Å²) in [5, 5.41) is 1.85. The van der Waals surface area contributed by atoms with Crippen molar-refractivity contribution >= 4 is 23.2 Å². The summed E-state index contributed by atoms with van der Waals surface area (Å²) in [4.78, 5) is 14.3. The van der Waals surface area contributed by atoms with Crippen molar-refractivity contribution in [2.24, 2.45) is 0 Å². The molecule has 0 radical (unpaired) electrons. The molecule has 5 heteroatoms. The van der Waals surface area contributed by atoms with Crippen molar-refractivity contribution in [2.45, 2.75) is 13.3 Å². The summed E-state index contributed by atoms with van der Waals surface area (Å²) in [7, 11) is 3.18. The molecule has 1 aromatic carbocycles. The Labute approximate surface area is 111 Å². The van der Waals surface area contributed by atoms with Crippen LogP contribution in [0.1, 0.15) is 12.6 Å². The first-order chi connectivity index (χ1) is 8.19. The zero-order valence-corrected chi connectivity index (χ0v) is 11.4. The van der Waals surface area contributed by atoms with Gasteiger partial charge in [0, 0.05) is 17.1 Å². The summed E-state index contributed by atoms with van der Waals surface area (Å²) in [5.74, 6) is 1.30. The number of ether oxygens (including phenoxy) is 2. The van der Waals surface area contributed by atoms with Gasteiger partial charge in [-0.2, -0.15) is 0 Å². The van der Waals surface area contributed by atoms with E-state index in [1.165, 1.54) is 0 Å². The van der Waals surface area contributed by atoms with Gasteiger partial charge in [0.2, 0.25) is 5.56 Å². The molecule has 2 aromatic rings. The summed E-state index contributed by atoms with van der Waals surface area (Å²) in [5.41, 5.74) is 0.815. The number of benzene rings is 1. The van der Waals surface area contributed by atoms with E-state index in [4.69, 9.17) is 9.47 Å². The molecule has 4 nitrogen and oxygen atoms in total. The molecule has 1 N–H and O–H groups in total. The van der Waals surface area contributed by atoms with Crippen molar-refractivity contribution in [1.29, 1.82) is 0 Å². The molecule has 0 bridgehead atoms. The minimum Gasteiger partial charge on any atom is -0.493 e. The zero-order valence-electron chi connectivity index (χ0n) is 10.6. The molecule has 0 spiro atoms. The van der Waals surface area contributed by atoms with Gasteiger partial charge in [0.1, 0.15) is 0 Å². The number of fused-ring (bicyclic) bond motifs is 1. The largest absolute Gasteiger partial charge is 0.493 e. The van der Waals surface area contributed by atoms with Gasteiger partial charge >= 0.3 is 0 Å². The Morgan fingerprint density at radius 1 is 1.11 bits per heavy atom. The van der Waals surface area contributed by atoms with Crippen LogP contribution in [-0.4, -0.2) is 19.2 Å². The first-order valence-corrected chi connectivity index (χ1v) is 5.47. The molecule has 0 amide bonds. The third-order valence-corrected chi connectivity index (χ3v) is 2.80. The maximum atomic E-state index is 11.5. The predicted octanol–water partition coefficient (Wildman–Crippen LogP) is 2.53. The van der Waals surface area contributed by atoms with E-state index >= 15 is 0 Å². The fourth-order valence-electron chi connectivity index (χ4n) is 1.95. The van der Waals surface area contributed by atoms with E-state index in [2.05, 4.69) is 4.98 Å². The predicted molar refractivity (Wildman–Crippen MR) is 74.3 cm³/mol. The SMILES string of the molecule is CCc1[nH]c(=O)cc2cc(OC)c(OC)cc12.Cl. The maximum absolute atomic E-state index is 11.5. The molecule has 98 valence electrons. The van der Waals surface area contributed by atoms with Crippen LogP contribution in [-0.2, 0) is 6.42 Å². The van der Waals surface area contributed by atoms with Crippen molar-refractivity contribution in [2.75, 3.05) is 14.2 Å². The monoisotopic (exact) mass is 269 g/mol. The van der Waals surface area contributed by atoms with E-state index in [0.717, 1.165) is 22.9 Å². The van der Waals surface area contributed by atoms with Gasteiger partial charge in [0.15, 0.2) is 11.5 Å². The smallest absolute Gasteiger partial charge is 0.248 e. The molecule has 18 heavy (non-hydrogen) atoms. The standard InChI is InChI=1S/C13H15NO3.ClH/c1-4-10-9-7-12(17-3)11(16-2)5-8(9)6-13(15)14-10;/h5-7H,4H2,1-3H3,(H,14,15);1H. The molecule has 0 aliphatic rings. The third kappa shape index (κ3) is 2.43. The number of aromatic nitrogens is 1. The molecular formula is C13H16ClNO3. The quantitative estimate of drug-likeness (QED) is 0.932. The van der Waals surface area contributed by atoms with Crippen molar-refractivity contribution < 1.29 is 9.47 Å². The summed E-state index contributed by atoms with van der Waals surface area (Å²) in [6.45, 7) is 2.00. The van der Waals surface area contributed by atoms with E-state index in [9.17, 15) is 4.79 Å². The average Bonchev–Trinajstić information content (AvgIpc) is 2.35. The Morgan fingerprint density at radius 3 is 2.28 bits per heavy atom. The van der Waals surface area contributed by atoms with Crippen molar-refractivity contribution in [3.05, 3.63) is 34.2 Å². The second kappa shape index (κ2) is 5.78. The Balaban J connectivity index is 0.00000162. The van der Waals surface area contributed by atoms with Gasteiger partial charge in [-0.05, 0) is 23.9 Å². The zero-order chi connectivity index (χ0) is 12.4. The van der Waals surface area contributed by atoms with Gasteiger partial charge in [0.25, 0.3) is 0 Å². The number of aryl methyl sites for hydroxylation is 1. The number of hydrogen-bond donors (Lipinski definition) is 1. The second-order valence-electron chi connectivity index (χ2n) is 3.76. The lowest BCUT2D eigenvalue weighted by Crippen LogP contribution is -2.07. The number of hydrogen-bond acceptors (Lipinski definition) is 3. The number of halogens is 1. The molecule has 0 aliphatic heterocycles. The van der Waals surface area contributed by atoms with Crippen molar-refractivity contribution in [3.8, 4) is 11.5 Å². The topological polar surface area (TPSA) is 51.3 Å². The summed E-state index contributed by atoms with van der Waals surface area (Å²) < 4.78 is 10.5. The minimum atomic E-state index is -0.0958. The highest BCUT2D eigenvalue weighted by Gasteiger charge is 2.09. The minimum absolute atomic E-state index is 0. The van der Waals surface area contributed by atoms with Crippen LogP contribution in [0.4, 0.5) is 0 Å². The van der Waals surface area contributed by atoms with Gasteiger partial charge in [0.05, 0.1) is 14.2 Å². The Bertz CT molecular complexity index is 607. The van der Waals surface area contributed by atoms with Gasteiger partial charge in [-0.1, -0.05) is 6.92 Å². The highest BCUT2D eigenvalue weighted by atomic mass is 35.5. The molecule has 2 rings (SSSR count). The number of H-pyrrole nitrogens is 1. The Kier molecular flexibility index (Phi) is 4.62. The molecule has 1 aromatic heterocycles. The fraction of sp³-hybridized carbons (Fsp3) is 0.308. The van der Waals surface area contributed by atoms with Crippen LogP contribution in [0.25, 0.3) is 10.8 Å². The van der Waals surface area contributed by atoms with E-state index in [-0.39, 0.29) is 18.0 Å². The van der Waals surface area contributed by atoms with Gasteiger partial charge < -0.3 is 14.5 Å². The molecule has 0 aliphatic carbocycles. The fourth-order valence-corrected chi connectivity index (χ4v) is 1.95. The first kappa shape index (κ1) is 14.4. The Hall–Kier alpha value is -1.68. The number of pyridine rings is 1. The molecular weight excluding hydrogens is 254 g/mol. The van der Waals surface area contributed by atoms with Crippen molar-refractivity contribution in [1.82, 2.24) is 4.98 Å². The van der Waals surface area contributed by atoms with Gasteiger partial charge in [-0.3, -0.25) is 4.79 Å². The van der Waals surface area contributed by atoms with Crippen LogP contribution >= 0.6 is 12.4 Å². The highest BCUT2D eigenvalue weighted by Crippen LogP contribution is 2.32. The number of methoxy groups -OCH3 is 2. The Morgan fingerprint density at radius 2 is 1.72 bits per heavy atom. The summed E-state index contributed by atoms with van der Waals surface area (Å²) in [6, 6.07) is 5.28. The normalized spacial score (nSPS) is 9.94. The van der Waals surface area contributed by atoms with Crippen LogP contribution in [0, 0.1) is 0 Å². The summed E-state index contributed by atoms with van der Waals surface area (Å²) >= 11 is 0. The van der Waals surface area contributed by atoms with Gasteiger partial charge in [-0.15, -0.1) is 12.4 Å². The average molecular weight is 270 g/mol. The first-order valence-electron chi connectivity index (χ1n) is 5.47. The molecule has 0 unspecified atom stereocenters. The van der Waals surface area contributed by atoms with Crippen LogP contribution in [0.5, 0.6) is 11.5 Å². The molecule has 0 atom stereocenters. The molecule has 1 heterocycles. The lowest BCUT2D eigenvalue weighted by molar-refractivity contribution is 0.356. The van der Waals surface area contributed by atoms with E-state index in [0.29, 0.717) is 11.5 Å². The number of aromatic amines is 1. The highest BCUT2D eigenvalue weighted by molar-refractivity contribution is 5.87. The van der Waals surface area contributed by atoms with E-state index in [1.807, 2.05) is 19.1 Å². The van der Waals surface area contributed by atoms with E-state index in [1.54, 1.807) is 20.3 Å². The molecule has 0 saturated heterocycles. The van der Waals surface area contributed by atoms with Crippen LogP contribution in [0.2, 0.25) is 0 Å². The molecule has 0 fully saturated rings. The van der Waals surface area contributed by atoms with Crippen LogP contribution in [0.15, 0.2) is 23.0 Å². The van der Waals surface area contributed by atoms with E-state index < -0.39 is 0 Å². The lowest BCUT2D eigenvalue weighted by atomic mass is 10.1. The molecule has 0 saturated carbocycles. The van der Waals surface area contributed by atoms with Crippen molar-refractivity contribution in [3.63, 3.8) is 0 Å². The maximum Gasteiger partial charge on any atom is 0.248 e.